The van der Waals surface area contributed by atoms with E-state index in [4.69, 9.17) is 9.47 Å². The van der Waals surface area contributed by atoms with E-state index >= 15 is 0 Å². The predicted octanol–water partition coefficient (Wildman–Crippen LogP) is 2.44. The summed E-state index contributed by atoms with van der Waals surface area (Å²) >= 11 is 0. The Labute approximate surface area is 162 Å². The molecule has 1 aromatic rings. The normalized spacial score (nSPS) is 19.8. The minimum Gasteiger partial charge on any atom is -0.497 e. The molecule has 0 aliphatic carbocycles. The summed E-state index contributed by atoms with van der Waals surface area (Å²) in [6.07, 6.45) is 0.473. The molecule has 27 heavy (non-hydrogen) atoms. The van der Waals surface area contributed by atoms with E-state index in [1.54, 1.807) is 14.2 Å². The van der Waals surface area contributed by atoms with Crippen molar-refractivity contribution in [3.63, 3.8) is 0 Å². The number of nitrogens with one attached hydrogen (secondary N) is 1. The Hall–Kier alpha value is -2.08. The van der Waals surface area contributed by atoms with Crippen molar-refractivity contribution in [3.05, 3.63) is 29.8 Å². The van der Waals surface area contributed by atoms with Crippen molar-refractivity contribution >= 4 is 11.8 Å². The van der Waals surface area contributed by atoms with Crippen molar-refractivity contribution in [1.82, 2.24) is 10.2 Å². The smallest absolute Gasteiger partial charge is 0.225 e. The van der Waals surface area contributed by atoms with Crippen LogP contribution in [-0.2, 0) is 14.3 Å². The van der Waals surface area contributed by atoms with E-state index in [1.165, 1.54) is 0 Å². The highest BCUT2D eigenvalue weighted by molar-refractivity contribution is 5.83. The van der Waals surface area contributed by atoms with Crippen LogP contribution in [0.15, 0.2) is 24.3 Å². The number of ether oxygens (including phenoxy) is 2. The lowest BCUT2D eigenvalue weighted by atomic mass is 9.88. The fourth-order valence-corrected chi connectivity index (χ4v) is 3.43. The molecule has 0 radical (unpaired) electrons. The highest BCUT2D eigenvalue weighted by atomic mass is 16.5. The van der Waals surface area contributed by atoms with Gasteiger partial charge in [-0.25, -0.2) is 0 Å². The first-order chi connectivity index (χ1) is 12.7. The number of carbonyl (C=O) groups excluding carboxylic acids is 2. The summed E-state index contributed by atoms with van der Waals surface area (Å²) in [6.45, 7) is 8.11. The summed E-state index contributed by atoms with van der Waals surface area (Å²) in [6, 6.07) is 7.76. The first-order valence-electron chi connectivity index (χ1n) is 9.43. The molecule has 2 atom stereocenters. The monoisotopic (exact) mass is 376 g/mol. The Morgan fingerprint density at radius 1 is 1.15 bits per heavy atom. The van der Waals surface area contributed by atoms with Crippen molar-refractivity contribution in [3.8, 4) is 5.75 Å². The maximum absolute atomic E-state index is 12.8. The molecule has 1 aliphatic rings. The van der Waals surface area contributed by atoms with Crippen LogP contribution < -0.4 is 10.1 Å². The summed E-state index contributed by atoms with van der Waals surface area (Å²) < 4.78 is 10.2. The standard InChI is InChI=1S/C21H32N2O4/c1-21(2,3)12-19(24)23-13-17(15-6-8-16(27-5)9-7-15)18(14-23)20(25)22-10-11-26-4/h6-9,17-18H,10-14H2,1-5H3,(H,22,25)/t17-,18+/m1/s1. The Morgan fingerprint density at radius 2 is 1.81 bits per heavy atom. The van der Waals surface area contributed by atoms with E-state index in [-0.39, 0.29) is 29.1 Å². The van der Waals surface area contributed by atoms with Gasteiger partial charge in [0.2, 0.25) is 11.8 Å². The number of hydrogen-bond acceptors (Lipinski definition) is 4. The topological polar surface area (TPSA) is 67.9 Å². The van der Waals surface area contributed by atoms with Gasteiger partial charge in [0.1, 0.15) is 5.75 Å². The Morgan fingerprint density at radius 3 is 2.37 bits per heavy atom. The van der Waals surface area contributed by atoms with E-state index < -0.39 is 0 Å². The van der Waals surface area contributed by atoms with E-state index in [0.29, 0.717) is 32.7 Å². The van der Waals surface area contributed by atoms with Gasteiger partial charge < -0.3 is 19.7 Å². The molecule has 0 aromatic heterocycles. The zero-order chi connectivity index (χ0) is 20.0. The lowest BCUT2D eigenvalue weighted by Gasteiger charge is -2.23. The number of methoxy groups -OCH3 is 2. The molecule has 0 bridgehead atoms. The fraction of sp³-hybridized carbons (Fsp3) is 0.619. The first kappa shape index (κ1) is 21.2. The number of nitrogens with zero attached hydrogens (tertiary/aromatic N) is 1. The molecular formula is C21H32N2O4. The van der Waals surface area contributed by atoms with Crippen LogP contribution in [0.3, 0.4) is 0 Å². The van der Waals surface area contributed by atoms with Crippen LogP contribution in [0, 0.1) is 11.3 Å². The zero-order valence-corrected chi connectivity index (χ0v) is 17.1. The van der Waals surface area contributed by atoms with Crippen LogP contribution in [0.25, 0.3) is 0 Å². The van der Waals surface area contributed by atoms with Gasteiger partial charge in [-0.2, -0.15) is 0 Å². The summed E-state index contributed by atoms with van der Waals surface area (Å²) in [5.74, 6) is 0.562. The van der Waals surface area contributed by atoms with Gasteiger partial charge in [-0.3, -0.25) is 9.59 Å². The number of likely N-dealkylation sites (tertiary alicyclic amines) is 1. The third-order valence-corrected chi connectivity index (χ3v) is 4.84. The maximum Gasteiger partial charge on any atom is 0.225 e. The summed E-state index contributed by atoms with van der Waals surface area (Å²) in [7, 11) is 3.23. The molecule has 6 nitrogen and oxygen atoms in total. The minimum absolute atomic E-state index is 0.0256. The van der Waals surface area contributed by atoms with Gasteiger partial charge in [0.15, 0.2) is 0 Å². The molecule has 1 saturated heterocycles. The van der Waals surface area contributed by atoms with Crippen molar-refractivity contribution in [2.45, 2.75) is 33.1 Å². The highest BCUT2D eigenvalue weighted by Crippen LogP contribution is 2.35. The van der Waals surface area contributed by atoms with Gasteiger partial charge >= 0.3 is 0 Å². The van der Waals surface area contributed by atoms with Crippen molar-refractivity contribution in [2.75, 3.05) is 40.5 Å². The van der Waals surface area contributed by atoms with Crippen LogP contribution in [0.5, 0.6) is 5.75 Å². The summed E-state index contributed by atoms with van der Waals surface area (Å²) in [5, 5.41) is 2.93. The quantitative estimate of drug-likeness (QED) is 0.742. The van der Waals surface area contributed by atoms with Crippen LogP contribution >= 0.6 is 0 Å². The fourth-order valence-electron chi connectivity index (χ4n) is 3.43. The van der Waals surface area contributed by atoms with Crippen LogP contribution in [0.1, 0.15) is 38.7 Å². The molecule has 0 spiro atoms. The number of rotatable bonds is 7. The maximum atomic E-state index is 12.8. The Balaban J connectivity index is 2.17. The van der Waals surface area contributed by atoms with Crippen LogP contribution in [-0.4, -0.2) is 57.2 Å². The number of carbonyl (C=O) groups is 2. The number of benzene rings is 1. The molecule has 0 unspecified atom stereocenters. The third kappa shape index (κ3) is 5.96. The van der Waals surface area contributed by atoms with Crippen molar-refractivity contribution in [2.24, 2.45) is 11.3 Å². The van der Waals surface area contributed by atoms with Gasteiger partial charge in [0, 0.05) is 39.1 Å². The van der Waals surface area contributed by atoms with Gasteiger partial charge in [-0.05, 0) is 23.1 Å². The molecular weight excluding hydrogens is 344 g/mol. The van der Waals surface area contributed by atoms with Gasteiger partial charge in [0.05, 0.1) is 19.6 Å². The van der Waals surface area contributed by atoms with Crippen molar-refractivity contribution in [1.29, 1.82) is 0 Å². The SMILES string of the molecule is COCCNC(=O)[C@H]1CN(C(=O)CC(C)(C)C)C[C@@H]1c1ccc(OC)cc1. The number of amides is 2. The lowest BCUT2D eigenvalue weighted by molar-refractivity contribution is -0.132. The molecule has 6 heteroatoms. The molecule has 150 valence electrons. The Bertz CT molecular complexity index is 637. The lowest BCUT2D eigenvalue weighted by Crippen LogP contribution is -2.37. The second-order valence-corrected chi connectivity index (χ2v) is 8.31. The van der Waals surface area contributed by atoms with Crippen LogP contribution in [0.2, 0.25) is 0 Å². The first-order valence-corrected chi connectivity index (χ1v) is 9.43. The van der Waals surface area contributed by atoms with Crippen LogP contribution in [0.4, 0.5) is 0 Å². The van der Waals surface area contributed by atoms with E-state index in [1.807, 2.05) is 29.2 Å². The van der Waals surface area contributed by atoms with E-state index in [2.05, 4.69) is 26.1 Å². The van der Waals surface area contributed by atoms with Gasteiger partial charge in [-0.15, -0.1) is 0 Å². The molecule has 1 aliphatic heterocycles. The van der Waals surface area contributed by atoms with Gasteiger partial charge in [-0.1, -0.05) is 32.9 Å². The third-order valence-electron chi connectivity index (χ3n) is 4.84. The second-order valence-electron chi connectivity index (χ2n) is 8.31. The minimum atomic E-state index is -0.265. The highest BCUT2D eigenvalue weighted by Gasteiger charge is 2.40. The molecule has 1 N–H and O–H groups in total. The molecule has 2 amide bonds. The van der Waals surface area contributed by atoms with Crippen molar-refractivity contribution < 1.29 is 19.1 Å². The van der Waals surface area contributed by atoms with E-state index in [9.17, 15) is 9.59 Å². The Kier molecular flexibility index (Phi) is 7.25. The average molecular weight is 376 g/mol. The van der Waals surface area contributed by atoms with Gasteiger partial charge in [0.25, 0.3) is 0 Å². The molecule has 1 heterocycles. The summed E-state index contributed by atoms with van der Waals surface area (Å²) in [4.78, 5) is 27.3. The molecule has 0 saturated carbocycles. The van der Waals surface area contributed by atoms with E-state index in [0.717, 1.165) is 11.3 Å². The second kappa shape index (κ2) is 9.22. The summed E-state index contributed by atoms with van der Waals surface area (Å²) in [5.41, 5.74) is 0.972. The number of hydrogen-bond donors (Lipinski definition) is 1. The molecule has 2 rings (SSSR count). The largest absolute Gasteiger partial charge is 0.497 e. The molecule has 1 fully saturated rings. The molecule has 1 aromatic carbocycles. The predicted molar refractivity (Wildman–Crippen MR) is 105 cm³/mol. The zero-order valence-electron chi connectivity index (χ0n) is 17.1. The average Bonchev–Trinajstić information content (AvgIpc) is 3.06.